The zero-order valence-corrected chi connectivity index (χ0v) is 15.2. The first-order chi connectivity index (χ1) is 9.72. The lowest BCUT2D eigenvalue weighted by atomic mass is 9.93. The van der Waals surface area contributed by atoms with E-state index >= 15 is 0 Å². The van der Waals surface area contributed by atoms with E-state index in [-0.39, 0.29) is 24.0 Å². The van der Waals surface area contributed by atoms with Crippen molar-refractivity contribution in [2.45, 2.75) is 70.5 Å². The molecule has 1 heterocycles. The summed E-state index contributed by atoms with van der Waals surface area (Å²) in [7, 11) is -3.43. The normalized spacial score (nSPS) is 23.4. The second-order valence-electron chi connectivity index (χ2n) is 7.84. The molecule has 1 amide bonds. The van der Waals surface area contributed by atoms with Gasteiger partial charge in [0, 0.05) is 18.3 Å². The molecule has 2 atom stereocenters. The number of sulfone groups is 1. The van der Waals surface area contributed by atoms with E-state index in [1.165, 1.54) is 0 Å². The number of rotatable bonds is 4. The molecule has 130 valence electrons. The Balaban J connectivity index is 2.65. The van der Waals surface area contributed by atoms with Crippen LogP contribution in [0.25, 0.3) is 0 Å². The fourth-order valence-electron chi connectivity index (χ4n) is 2.81. The third-order valence-corrected chi connectivity index (χ3v) is 5.11. The lowest BCUT2D eigenvalue weighted by Gasteiger charge is -2.33. The molecule has 0 saturated carbocycles. The van der Waals surface area contributed by atoms with Gasteiger partial charge in [0.1, 0.15) is 5.60 Å². The van der Waals surface area contributed by atoms with Crippen molar-refractivity contribution in [3.63, 3.8) is 0 Å². The summed E-state index contributed by atoms with van der Waals surface area (Å²) in [6.45, 7) is 9.96. The highest BCUT2D eigenvalue weighted by Gasteiger charge is 2.42. The maximum Gasteiger partial charge on any atom is 0.410 e. The van der Waals surface area contributed by atoms with E-state index in [1.807, 2.05) is 34.6 Å². The van der Waals surface area contributed by atoms with E-state index in [2.05, 4.69) is 0 Å². The standard InChI is InChI=1S/C15H29NO5S/c1-14(2,3)21-13(18)16-10-11(9-15(16,4)5)7-8-12(17)22(6,19)20/h11-12,17H,7-10H2,1-6H3. The second-order valence-corrected chi connectivity index (χ2v) is 10.0. The van der Waals surface area contributed by atoms with Crippen LogP contribution in [0, 0.1) is 5.92 Å². The zero-order valence-electron chi connectivity index (χ0n) is 14.4. The van der Waals surface area contributed by atoms with Crippen LogP contribution >= 0.6 is 0 Å². The van der Waals surface area contributed by atoms with Gasteiger partial charge in [0.25, 0.3) is 0 Å². The van der Waals surface area contributed by atoms with Gasteiger partial charge in [-0.1, -0.05) is 0 Å². The molecule has 0 bridgehead atoms. The molecule has 2 unspecified atom stereocenters. The summed E-state index contributed by atoms with van der Waals surface area (Å²) in [5.74, 6) is 0.166. The van der Waals surface area contributed by atoms with Gasteiger partial charge >= 0.3 is 6.09 Å². The summed E-state index contributed by atoms with van der Waals surface area (Å²) in [5.41, 5.74) is -2.20. The number of aliphatic hydroxyl groups excluding tert-OH is 1. The van der Waals surface area contributed by atoms with Crippen molar-refractivity contribution < 1.29 is 23.1 Å². The summed E-state index contributed by atoms with van der Waals surface area (Å²) in [6, 6.07) is 0. The minimum Gasteiger partial charge on any atom is -0.444 e. The topological polar surface area (TPSA) is 83.9 Å². The first kappa shape index (κ1) is 19.2. The van der Waals surface area contributed by atoms with Gasteiger partial charge in [-0.3, -0.25) is 0 Å². The van der Waals surface area contributed by atoms with Gasteiger partial charge in [-0.2, -0.15) is 0 Å². The van der Waals surface area contributed by atoms with E-state index < -0.39 is 20.9 Å². The van der Waals surface area contributed by atoms with Crippen LogP contribution in [0.2, 0.25) is 0 Å². The molecular weight excluding hydrogens is 306 g/mol. The Labute approximate surface area is 133 Å². The second kappa shape index (κ2) is 6.35. The van der Waals surface area contributed by atoms with Crippen LogP contribution in [0.3, 0.4) is 0 Å². The highest BCUT2D eigenvalue weighted by atomic mass is 32.2. The van der Waals surface area contributed by atoms with E-state index in [4.69, 9.17) is 4.74 Å². The van der Waals surface area contributed by atoms with Crippen molar-refractivity contribution in [3.8, 4) is 0 Å². The molecule has 1 N–H and O–H groups in total. The predicted octanol–water partition coefficient (Wildman–Crippen LogP) is 2.17. The SMILES string of the molecule is CC(C)(C)OC(=O)N1CC(CCC(O)S(C)(=O)=O)CC1(C)C. The Morgan fingerprint density at radius 2 is 1.95 bits per heavy atom. The van der Waals surface area contributed by atoms with Crippen LogP contribution in [0.15, 0.2) is 0 Å². The lowest BCUT2D eigenvalue weighted by molar-refractivity contribution is 0.0130. The molecule has 0 radical (unpaired) electrons. The quantitative estimate of drug-likeness (QED) is 0.851. The molecule has 6 nitrogen and oxygen atoms in total. The van der Waals surface area contributed by atoms with Crippen LogP contribution in [0.5, 0.6) is 0 Å². The predicted molar refractivity (Wildman–Crippen MR) is 85.2 cm³/mol. The van der Waals surface area contributed by atoms with Gasteiger partial charge < -0.3 is 14.7 Å². The molecule has 1 aliphatic rings. The molecule has 7 heteroatoms. The fraction of sp³-hybridized carbons (Fsp3) is 0.933. The average Bonchev–Trinajstić information content (AvgIpc) is 2.57. The van der Waals surface area contributed by atoms with E-state index in [1.54, 1.807) is 4.90 Å². The van der Waals surface area contributed by atoms with E-state index in [9.17, 15) is 18.3 Å². The molecule has 1 rings (SSSR count). The Hall–Kier alpha value is -0.820. The van der Waals surface area contributed by atoms with Crippen LogP contribution in [-0.4, -0.2) is 53.9 Å². The number of amides is 1. The minimum absolute atomic E-state index is 0.166. The Kier molecular flexibility index (Phi) is 5.55. The van der Waals surface area contributed by atoms with Gasteiger partial charge in [0.2, 0.25) is 0 Å². The highest BCUT2D eigenvalue weighted by molar-refractivity contribution is 7.91. The van der Waals surface area contributed by atoms with Crippen LogP contribution in [0.1, 0.15) is 53.9 Å². The Morgan fingerprint density at radius 3 is 2.41 bits per heavy atom. The highest BCUT2D eigenvalue weighted by Crippen LogP contribution is 2.36. The largest absolute Gasteiger partial charge is 0.444 e. The Morgan fingerprint density at radius 1 is 1.41 bits per heavy atom. The van der Waals surface area contributed by atoms with Crippen molar-refractivity contribution >= 4 is 15.9 Å². The van der Waals surface area contributed by atoms with Crippen molar-refractivity contribution in [2.24, 2.45) is 5.92 Å². The van der Waals surface area contributed by atoms with Gasteiger partial charge in [-0.15, -0.1) is 0 Å². The number of nitrogens with zero attached hydrogens (tertiary/aromatic N) is 1. The number of hydrogen-bond acceptors (Lipinski definition) is 5. The number of likely N-dealkylation sites (tertiary alicyclic amines) is 1. The number of aliphatic hydroxyl groups is 1. The summed E-state index contributed by atoms with van der Waals surface area (Å²) >= 11 is 0. The average molecular weight is 335 g/mol. The van der Waals surface area contributed by atoms with Gasteiger partial charge in [0.15, 0.2) is 15.3 Å². The molecular formula is C15H29NO5S. The smallest absolute Gasteiger partial charge is 0.410 e. The zero-order chi connectivity index (χ0) is 17.3. The summed E-state index contributed by atoms with van der Waals surface area (Å²) in [4.78, 5) is 14.0. The molecule has 0 aromatic heterocycles. The number of carbonyl (C=O) groups is 1. The van der Waals surface area contributed by atoms with Crippen molar-refractivity contribution in [1.29, 1.82) is 0 Å². The number of hydrogen-bond donors (Lipinski definition) is 1. The molecule has 1 fully saturated rings. The van der Waals surface area contributed by atoms with Gasteiger partial charge in [-0.25, -0.2) is 13.2 Å². The first-order valence-corrected chi connectivity index (χ1v) is 9.55. The molecule has 0 aromatic carbocycles. The molecule has 22 heavy (non-hydrogen) atoms. The molecule has 1 aliphatic heterocycles. The lowest BCUT2D eigenvalue weighted by Crippen LogP contribution is -2.45. The van der Waals surface area contributed by atoms with Crippen molar-refractivity contribution in [3.05, 3.63) is 0 Å². The number of carbonyl (C=O) groups excluding carboxylic acids is 1. The third-order valence-electron chi connectivity index (χ3n) is 3.89. The monoisotopic (exact) mass is 335 g/mol. The number of ether oxygens (including phenoxy) is 1. The first-order valence-electron chi connectivity index (χ1n) is 7.60. The molecule has 1 saturated heterocycles. The third kappa shape index (κ3) is 5.43. The maximum atomic E-state index is 12.3. The fourth-order valence-corrected chi connectivity index (χ4v) is 3.38. The van der Waals surface area contributed by atoms with Crippen molar-refractivity contribution in [2.75, 3.05) is 12.8 Å². The van der Waals surface area contributed by atoms with Gasteiger partial charge in [0.05, 0.1) is 0 Å². The van der Waals surface area contributed by atoms with E-state index in [0.717, 1.165) is 12.7 Å². The van der Waals surface area contributed by atoms with Gasteiger partial charge in [-0.05, 0) is 59.8 Å². The van der Waals surface area contributed by atoms with E-state index in [0.29, 0.717) is 13.0 Å². The van der Waals surface area contributed by atoms with Crippen LogP contribution < -0.4 is 0 Å². The van der Waals surface area contributed by atoms with Crippen LogP contribution in [-0.2, 0) is 14.6 Å². The molecule has 0 spiro atoms. The Bertz CT molecular complexity index is 507. The summed E-state index contributed by atoms with van der Waals surface area (Å²) < 4.78 is 27.9. The summed E-state index contributed by atoms with van der Waals surface area (Å²) in [5, 5.41) is 9.61. The van der Waals surface area contributed by atoms with Crippen LogP contribution in [0.4, 0.5) is 4.79 Å². The maximum absolute atomic E-state index is 12.3. The molecule has 0 aromatic rings. The van der Waals surface area contributed by atoms with Crippen molar-refractivity contribution in [1.82, 2.24) is 4.90 Å². The summed E-state index contributed by atoms with van der Waals surface area (Å²) in [6.07, 6.45) is 2.22. The minimum atomic E-state index is -3.43. The molecule has 0 aliphatic carbocycles.